The van der Waals surface area contributed by atoms with Gasteiger partial charge in [0.25, 0.3) is 0 Å². The third-order valence-corrected chi connectivity index (χ3v) is 6.99. The highest BCUT2D eigenvalue weighted by Crippen LogP contribution is 2.32. The van der Waals surface area contributed by atoms with E-state index in [1.807, 2.05) is 52.8 Å². The molecule has 0 bridgehead atoms. The monoisotopic (exact) mass is 465 g/mol. The first kappa shape index (κ1) is 29.6. The lowest BCUT2D eigenvalue weighted by Crippen LogP contribution is -2.31. The summed E-state index contributed by atoms with van der Waals surface area (Å²) in [5.74, 6) is -1.22. The van der Waals surface area contributed by atoms with Crippen molar-refractivity contribution in [2.75, 3.05) is 6.54 Å². The highest BCUT2D eigenvalue weighted by Gasteiger charge is 2.27. The number of nitrogens with zero attached hydrogens (tertiary/aromatic N) is 2. The van der Waals surface area contributed by atoms with Crippen LogP contribution in [0.1, 0.15) is 94.5 Å². The van der Waals surface area contributed by atoms with Gasteiger partial charge in [0.1, 0.15) is 11.8 Å². The first-order valence-corrected chi connectivity index (χ1v) is 12.7. The Kier molecular flexibility index (Phi) is 12.9. The second-order valence-electron chi connectivity index (χ2n) is 7.57. The Balaban J connectivity index is 0.00000466. The summed E-state index contributed by atoms with van der Waals surface area (Å²) in [5, 5.41) is 18.9. The number of aromatic nitrogens is 1. The van der Waals surface area contributed by atoms with Gasteiger partial charge in [-0.3, -0.25) is 0 Å². The zero-order valence-electron chi connectivity index (χ0n) is 20.7. The summed E-state index contributed by atoms with van der Waals surface area (Å²) in [7, 11) is -1.64. The Hall–Kier alpha value is -2.37. The predicted octanol–water partition coefficient (Wildman–Crippen LogP) is 4.90. The summed E-state index contributed by atoms with van der Waals surface area (Å²) >= 11 is 0. The quantitative estimate of drug-likeness (QED) is 0.452. The van der Waals surface area contributed by atoms with Crippen molar-refractivity contribution in [1.82, 2.24) is 9.29 Å². The molecule has 0 aliphatic heterocycles. The summed E-state index contributed by atoms with van der Waals surface area (Å²) in [6.45, 7) is 13.2. The summed E-state index contributed by atoms with van der Waals surface area (Å²) in [6, 6.07) is 2.19. The predicted molar refractivity (Wildman–Crippen MR) is 130 cm³/mol. The van der Waals surface area contributed by atoms with Crippen molar-refractivity contribution in [2.24, 2.45) is 7.05 Å². The highest BCUT2D eigenvalue weighted by molar-refractivity contribution is 7.90. The molecule has 0 aliphatic rings. The Labute approximate surface area is 193 Å². The van der Waals surface area contributed by atoms with E-state index >= 15 is 0 Å². The molecule has 8 heteroatoms. The molecule has 0 aromatic carbocycles. The zero-order valence-corrected chi connectivity index (χ0v) is 21.5. The van der Waals surface area contributed by atoms with E-state index in [1.54, 1.807) is 25.5 Å². The number of hydrogen-bond acceptors (Lipinski definition) is 4. The van der Waals surface area contributed by atoms with Crippen LogP contribution in [0.25, 0.3) is 0 Å². The van der Waals surface area contributed by atoms with Crippen LogP contribution in [0.15, 0.2) is 23.8 Å². The average molecular weight is 466 g/mol. The number of hydrogen-bond donors (Lipinski definition) is 2. The van der Waals surface area contributed by atoms with E-state index in [-0.39, 0.29) is 11.6 Å². The molecule has 2 N–H and O–H groups in total. The number of sulfonamides is 1. The molecule has 0 aliphatic carbocycles. The van der Waals surface area contributed by atoms with E-state index in [2.05, 4.69) is 10.8 Å². The Bertz CT molecular complexity index is 964. The fourth-order valence-electron chi connectivity index (χ4n) is 3.45. The van der Waals surface area contributed by atoms with Crippen LogP contribution in [0, 0.1) is 11.3 Å². The fraction of sp³-hybridized carbons (Fsp3) is 0.583. The molecule has 1 rings (SSSR count). The molecule has 1 aromatic heterocycles. The highest BCUT2D eigenvalue weighted by atomic mass is 32.2. The molecular formula is C24H39N3O4S. The maximum absolute atomic E-state index is 11.9. The van der Waals surface area contributed by atoms with Crippen molar-refractivity contribution in [3.05, 3.63) is 46.3 Å². The number of nitrogens with one attached hydrogen (secondary N) is 1. The van der Waals surface area contributed by atoms with Gasteiger partial charge < -0.3 is 9.67 Å². The van der Waals surface area contributed by atoms with Crippen LogP contribution in [0.5, 0.6) is 0 Å². The van der Waals surface area contributed by atoms with Crippen molar-refractivity contribution in [3.63, 3.8) is 0 Å². The van der Waals surface area contributed by atoms with Crippen LogP contribution in [0.4, 0.5) is 0 Å². The zero-order chi connectivity index (χ0) is 25.1. The minimum absolute atomic E-state index is 0.154. The van der Waals surface area contributed by atoms with Gasteiger partial charge in [0.05, 0.1) is 10.8 Å². The summed E-state index contributed by atoms with van der Waals surface area (Å²) in [5.41, 5.74) is 2.83. The summed E-state index contributed by atoms with van der Waals surface area (Å²) in [4.78, 5) is 11.9. The van der Waals surface area contributed by atoms with Gasteiger partial charge in [-0.05, 0) is 46.0 Å². The number of rotatable bonds is 11. The van der Waals surface area contributed by atoms with Gasteiger partial charge in [-0.15, -0.1) is 0 Å². The van der Waals surface area contributed by atoms with E-state index in [1.165, 1.54) is 0 Å². The maximum Gasteiger partial charge on any atom is 0.352 e. The van der Waals surface area contributed by atoms with Crippen LogP contribution < -0.4 is 4.72 Å². The molecule has 0 fully saturated rings. The lowest BCUT2D eigenvalue weighted by atomic mass is 9.92. The average Bonchev–Trinajstić information content (AvgIpc) is 3.04. The van der Waals surface area contributed by atoms with Crippen molar-refractivity contribution in [2.45, 2.75) is 78.9 Å². The van der Waals surface area contributed by atoms with Crippen molar-refractivity contribution < 1.29 is 18.3 Å². The second-order valence-corrected chi connectivity index (χ2v) is 9.89. The number of allylic oxidation sites excluding steroid dienone is 3. The van der Waals surface area contributed by atoms with Gasteiger partial charge in [0.15, 0.2) is 0 Å². The SMILES string of the molecule is C/C=C\C(=C/CC(C)c1c(C#N)c(CC)n(C)c1C(=O)O)CCNS(=O)(=O)C(C)C.CC. The normalized spacial score (nSPS) is 13.1. The van der Waals surface area contributed by atoms with Gasteiger partial charge in [0, 0.05) is 24.8 Å². The molecule has 180 valence electrons. The van der Waals surface area contributed by atoms with Crippen molar-refractivity contribution >= 4 is 16.0 Å². The Morgan fingerprint density at radius 3 is 2.31 bits per heavy atom. The molecular weight excluding hydrogens is 426 g/mol. The summed E-state index contributed by atoms with van der Waals surface area (Å²) < 4.78 is 28.0. The molecule has 32 heavy (non-hydrogen) atoms. The number of carboxylic acid groups (broad SMARTS) is 1. The number of aromatic carboxylic acids is 1. The molecule has 1 unspecified atom stereocenters. The minimum Gasteiger partial charge on any atom is -0.477 e. The van der Waals surface area contributed by atoms with Crippen LogP contribution in [-0.4, -0.2) is 35.9 Å². The smallest absolute Gasteiger partial charge is 0.352 e. The minimum atomic E-state index is -3.32. The molecule has 1 aromatic rings. The first-order valence-electron chi connectivity index (χ1n) is 11.2. The summed E-state index contributed by atoms with van der Waals surface area (Å²) in [6.07, 6.45) is 7.42. The third-order valence-electron chi connectivity index (χ3n) is 5.15. The number of carboxylic acids is 1. The molecule has 0 saturated heterocycles. The Morgan fingerprint density at radius 1 is 1.28 bits per heavy atom. The van der Waals surface area contributed by atoms with Crippen molar-refractivity contribution in [1.29, 1.82) is 5.26 Å². The maximum atomic E-state index is 11.9. The van der Waals surface area contributed by atoms with Gasteiger partial charge >= 0.3 is 5.97 Å². The first-order chi connectivity index (χ1) is 15.0. The van der Waals surface area contributed by atoms with Gasteiger partial charge in [-0.1, -0.05) is 51.5 Å². The Morgan fingerprint density at radius 2 is 1.88 bits per heavy atom. The van der Waals surface area contributed by atoms with E-state index < -0.39 is 21.2 Å². The van der Waals surface area contributed by atoms with Gasteiger partial charge in [-0.25, -0.2) is 17.9 Å². The van der Waals surface area contributed by atoms with Crippen LogP contribution in [0.3, 0.4) is 0 Å². The molecule has 0 amide bonds. The van der Waals surface area contributed by atoms with E-state index in [9.17, 15) is 23.6 Å². The number of carbonyl (C=O) groups is 1. The fourth-order valence-corrected chi connectivity index (χ4v) is 4.17. The van der Waals surface area contributed by atoms with Crippen LogP contribution in [0.2, 0.25) is 0 Å². The molecule has 7 nitrogen and oxygen atoms in total. The van der Waals surface area contributed by atoms with Gasteiger partial charge in [-0.2, -0.15) is 5.26 Å². The van der Waals surface area contributed by atoms with Crippen molar-refractivity contribution in [3.8, 4) is 6.07 Å². The van der Waals surface area contributed by atoms with Crippen LogP contribution >= 0.6 is 0 Å². The molecule has 0 radical (unpaired) electrons. The standard InChI is InChI=1S/C22H33N3O4S.C2H6/c1-7-9-17(12-13-24-30(28,29)15(3)4)11-10-16(5)20-18(14-23)19(8-2)25(6)21(20)22(26)27;1-2/h7,9,11,15-16,24H,8,10,12-13H2,1-6H3,(H,26,27);1-2H3/b9-7-,17-11+;. The lowest BCUT2D eigenvalue weighted by molar-refractivity contribution is 0.0684. The largest absolute Gasteiger partial charge is 0.477 e. The molecule has 0 spiro atoms. The van der Waals surface area contributed by atoms with E-state index in [0.717, 1.165) is 11.3 Å². The van der Waals surface area contributed by atoms with Crippen LogP contribution in [-0.2, 0) is 23.5 Å². The lowest BCUT2D eigenvalue weighted by Gasteiger charge is -2.13. The van der Waals surface area contributed by atoms with E-state index in [0.29, 0.717) is 36.9 Å². The topological polar surface area (TPSA) is 112 Å². The number of nitriles is 1. The molecule has 0 saturated carbocycles. The molecule has 1 heterocycles. The van der Waals surface area contributed by atoms with Gasteiger partial charge in [0.2, 0.25) is 10.0 Å². The van der Waals surface area contributed by atoms with E-state index in [4.69, 9.17) is 0 Å². The third kappa shape index (κ3) is 7.64. The second kappa shape index (κ2) is 13.9. The molecule has 1 atom stereocenters.